The topological polar surface area (TPSA) is 95.1 Å². The number of hydrogen-bond acceptors (Lipinski definition) is 5. The molecule has 1 fully saturated rings. The van der Waals surface area contributed by atoms with Crippen LogP contribution >= 0.6 is 0 Å². The fraction of sp³-hybridized carbons (Fsp3) is 0.400. The van der Waals surface area contributed by atoms with E-state index in [4.69, 9.17) is 10.5 Å². The van der Waals surface area contributed by atoms with Crippen LogP contribution in [0.2, 0.25) is 0 Å². The van der Waals surface area contributed by atoms with Gasteiger partial charge in [0.25, 0.3) is 5.91 Å². The van der Waals surface area contributed by atoms with Crippen LogP contribution in [0.15, 0.2) is 24.3 Å². The van der Waals surface area contributed by atoms with Crippen LogP contribution in [-0.2, 0) is 10.9 Å². The quantitative estimate of drug-likeness (QED) is 0.872. The van der Waals surface area contributed by atoms with E-state index in [1.54, 1.807) is 0 Å². The highest BCUT2D eigenvalue weighted by Gasteiger charge is 2.31. The molecule has 10 heteroatoms. The molecule has 1 amide bonds. The predicted molar refractivity (Wildman–Crippen MR) is 82.1 cm³/mol. The van der Waals surface area contributed by atoms with Crippen molar-refractivity contribution in [2.24, 2.45) is 0 Å². The number of amides is 1. The molecule has 1 atom stereocenters. The number of benzene rings is 1. The molecule has 3 rings (SSSR count). The van der Waals surface area contributed by atoms with Crippen molar-refractivity contribution in [3.05, 3.63) is 35.5 Å². The maximum absolute atomic E-state index is 12.8. The summed E-state index contributed by atoms with van der Waals surface area (Å²) in [6.45, 7) is 0.975. The fourth-order valence-corrected chi connectivity index (χ4v) is 2.55. The van der Waals surface area contributed by atoms with E-state index in [0.717, 1.165) is 29.7 Å². The van der Waals surface area contributed by atoms with Gasteiger partial charge < -0.3 is 15.8 Å². The number of carbonyl (C=O) groups excluding carboxylic acids is 1. The van der Waals surface area contributed by atoms with Gasteiger partial charge in [-0.15, -0.1) is 5.10 Å². The summed E-state index contributed by atoms with van der Waals surface area (Å²) in [5.74, 6) is -0.685. The van der Waals surface area contributed by atoms with Gasteiger partial charge in [0.15, 0.2) is 11.5 Å². The number of halogens is 3. The number of ether oxygens (including phenoxy) is 1. The van der Waals surface area contributed by atoms with Gasteiger partial charge >= 0.3 is 6.18 Å². The Hall–Kier alpha value is -2.62. The van der Waals surface area contributed by atoms with Crippen LogP contribution in [0, 0.1) is 0 Å². The second kappa shape index (κ2) is 6.71. The Labute approximate surface area is 140 Å². The van der Waals surface area contributed by atoms with E-state index >= 15 is 0 Å². The summed E-state index contributed by atoms with van der Waals surface area (Å²) < 4.78 is 44.8. The Morgan fingerprint density at radius 3 is 2.92 bits per heavy atom. The average Bonchev–Trinajstić information content (AvgIpc) is 3.21. The zero-order valence-corrected chi connectivity index (χ0v) is 13.1. The molecule has 1 unspecified atom stereocenters. The molecule has 1 aliphatic heterocycles. The first kappa shape index (κ1) is 17.2. The largest absolute Gasteiger partial charge is 0.416 e. The van der Waals surface area contributed by atoms with E-state index in [0.29, 0.717) is 13.2 Å². The van der Waals surface area contributed by atoms with Gasteiger partial charge in [-0.1, -0.05) is 11.3 Å². The zero-order valence-electron chi connectivity index (χ0n) is 13.1. The number of nitrogens with zero attached hydrogens (tertiary/aromatic N) is 3. The Bertz CT molecular complexity index is 769. The van der Waals surface area contributed by atoms with Crippen LogP contribution in [0.4, 0.5) is 19.0 Å². The van der Waals surface area contributed by atoms with E-state index in [2.05, 4.69) is 15.6 Å². The lowest BCUT2D eigenvalue weighted by molar-refractivity contribution is -0.137. The lowest BCUT2D eigenvalue weighted by atomic mass is 10.2. The van der Waals surface area contributed by atoms with Crippen LogP contribution in [0.5, 0.6) is 0 Å². The Morgan fingerprint density at radius 2 is 2.24 bits per heavy atom. The molecule has 7 nitrogen and oxygen atoms in total. The van der Waals surface area contributed by atoms with Crippen molar-refractivity contribution in [2.75, 3.05) is 18.9 Å². The number of rotatable bonds is 4. The second-order valence-electron chi connectivity index (χ2n) is 5.63. The van der Waals surface area contributed by atoms with Crippen molar-refractivity contribution in [3.8, 4) is 5.69 Å². The summed E-state index contributed by atoms with van der Waals surface area (Å²) in [6.07, 6.45) is -2.75. The number of carbonyl (C=O) groups is 1. The van der Waals surface area contributed by atoms with Gasteiger partial charge in [-0.05, 0) is 31.0 Å². The van der Waals surface area contributed by atoms with Crippen LogP contribution in [0.3, 0.4) is 0 Å². The Morgan fingerprint density at radius 1 is 1.44 bits per heavy atom. The maximum atomic E-state index is 12.8. The molecule has 0 radical (unpaired) electrons. The van der Waals surface area contributed by atoms with E-state index in [1.165, 1.54) is 12.1 Å². The van der Waals surface area contributed by atoms with Crippen LogP contribution in [0.1, 0.15) is 28.9 Å². The van der Waals surface area contributed by atoms with Crippen molar-refractivity contribution in [2.45, 2.75) is 25.1 Å². The third-order valence-electron chi connectivity index (χ3n) is 3.85. The SMILES string of the molecule is Nc1c(C(=O)NCC2CCCO2)nnn1-c1cccc(C(F)(F)F)c1. The molecule has 134 valence electrons. The first-order valence-electron chi connectivity index (χ1n) is 7.65. The monoisotopic (exact) mass is 355 g/mol. The molecule has 2 heterocycles. The fourth-order valence-electron chi connectivity index (χ4n) is 2.55. The third-order valence-corrected chi connectivity index (χ3v) is 3.85. The molecular formula is C15H16F3N5O2. The highest BCUT2D eigenvalue weighted by atomic mass is 19.4. The maximum Gasteiger partial charge on any atom is 0.416 e. The van der Waals surface area contributed by atoms with E-state index < -0.39 is 17.6 Å². The van der Waals surface area contributed by atoms with Gasteiger partial charge in [0.2, 0.25) is 0 Å². The van der Waals surface area contributed by atoms with Gasteiger partial charge in [0.05, 0.1) is 17.4 Å². The van der Waals surface area contributed by atoms with Gasteiger partial charge in [0.1, 0.15) is 0 Å². The molecule has 1 aromatic carbocycles. The molecule has 3 N–H and O–H groups in total. The van der Waals surface area contributed by atoms with Crippen LogP contribution in [0.25, 0.3) is 5.69 Å². The molecule has 0 aliphatic carbocycles. The summed E-state index contributed by atoms with van der Waals surface area (Å²) in [5, 5.41) is 10.0. The minimum Gasteiger partial charge on any atom is -0.382 e. The van der Waals surface area contributed by atoms with Gasteiger partial charge in [-0.2, -0.15) is 17.9 Å². The summed E-state index contributed by atoms with van der Waals surface area (Å²) in [6, 6.07) is 4.45. The Kier molecular flexibility index (Phi) is 4.62. The predicted octanol–water partition coefficient (Wildman–Crippen LogP) is 1.78. The number of nitrogens with one attached hydrogen (secondary N) is 1. The van der Waals surface area contributed by atoms with E-state index in [-0.39, 0.29) is 23.3 Å². The highest BCUT2D eigenvalue weighted by Crippen LogP contribution is 2.30. The summed E-state index contributed by atoms with van der Waals surface area (Å²) in [5.41, 5.74) is 4.92. The van der Waals surface area contributed by atoms with Crippen LogP contribution in [-0.4, -0.2) is 40.2 Å². The normalized spacial score (nSPS) is 17.6. The lowest BCUT2D eigenvalue weighted by Gasteiger charge is -2.10. The number of nitrogen functional groups attached to an aromatic ring is 1. The van der Waals surface area contributed by atoms with Gasteiger partial charge in [0, 0.05) is 13.2 Å². The van der Waals surface area contributed by atoms with Crippen molar-refractivity contribution in [1.29, 1.82) is 0 Å². The first-order valence-corrected chi connectivity index (χ1v) is 7.65. The Balaban J connectivity index is 1.77. The molecule has 25 heavy (non-hydrogen) atoms. The number of hydrogen-bond donors (Lipinski definition) is 2. The number of aromatic nitrogens is 3. The minimum atomic E-state index is -4.49. The standard InChI is InChI=1S/C15H16F3N5O2/c16-15(17,18)9-3-1-4-10(7-9)23-13(19)12(21-22-23)14(24)20-8-11-5-2-6-25-11/h1,3-4,7,11H,2,5-6,8,19H2,(H,20,24). The number of anilines is 1. The molecule has 1 aromatic heterocycles. The average molecular weight is 355 g/mol. The summed E-state index contributed by atoms with van der Waals surface area (Å²) >= 11 is 0. The summed E-state index contributed by atoms with van der Waals surface area (Å²) in [7, 11) is 0. The first-order chi connectivity index (χ1) is 11.9. The van der Waals surface area contributed by atoms with Gasteiger partial charge in [-0.3, -0.25) is 4.79 Å². The molecule has 0 saturated carbocycles. The molecule has 0 spiro atoms. The molecule has 1 saturated heterocycles. The molecule has 1 aliphatic rings. The zero-order chi connectivity index (χ0) is 18.0. The highest BCUT2D eigenvalue weighted by molar-refractivity contribution is 5.96. The van der Waals surface area contributed by atoms with Crippen molar-refractivity contribution in [3.63, 3.8) is 0 Å². The lowest BCUT2D eigenvalue weighted by Crippen LogP contribution is -2.32. The third kappa shape index (κ3) is 3.73. The number of nitrogens with two attached hydrogens (primary N) is 1. The minimum absolute atomic E-state index is 0.0521. The van der Waals surface area contributed by atoms with E-state index in [9.17, 15) is 18.0 Å². The number of alkyl halides is 3. The second-order valence-corrected chi connectivity index (χ2v) is 5.63. The van der Waals surface area contributed by atoms with Crippen molar-refractivity contribution < 1.29 is 22.7 Å². The van der Waals surface area contributed by atoms with Crippen molar-refractivity contribution >= 4 is 11.7 Å². The summed E-state index contributed by atoms with van der Waals surface area (Å²) in [4.78, 5) is 12.2. The smallest absolute Gasteiger partial charge is 0.382 e. The van der Waals surface area contributed by atoms with E-state index in [1.807, 2.05) is 0 Å². The molecule has 2 aromatic rings. The molecule has 0 bridgehead atoms. The molecular weight excluding hydrogens is 339 g/mol. The van der Waals surface area contributed by atoms with Crippen molar-refractivity contribution in [1.82, 2.24) is 20.3 Å². The van der Waals surface area contributed by atoms with Gasteiger partial charge in [-0.25, -0.2) is 0 Å². The van der Waals surface area contributed by atoms with Crippen LogP contribution < -0.4 is 11.1 Å².